The van der Waals surface area contributed by atoms with Crippen LogP contribution in [0.4, 0.5) is 0 Å². The Balaban J connectivity index is 4.36. The summed E-state index contributed by atoms with van der Waals surface area (Å²) in [6.07, 6.45) is 86.0. The third-order valence-corrected chi connectivity index (χ3v) is 14.4. The third kappa shape index (κ3) is 63.3. The minimum absolute atomic E-state index is 0.0893. The van der Waals surface area contributed by atoms with Gasteiger partial charge in [0.05, 0.1) is 0 Å². The topological polar surface area (TPSA) is 78.9 Å². The summed E-state index contributed by atoms with van der Waals surface area (Å²) in [5.74, 6) is -0.920. The lowest BCUT2D eigenvalue weighted by molar-refractivity contribution is -0.167. The Bertz CT molecular complexity index is 1470. The van der Waals surface area contributed by atoms with E-state index in [0.29, 0.717) is 19.3 Å². The van der Waals surface area contributed by atoms with Gasteiger partial charge in [-0.05, 0) is 96.3 Å². The van der Waals surface area contributed by atoms with Gasteiger partial charge in [-0.25, -0.2) is 0 Å². The zero-order valence-corrected chi connectivity index (χ0v) is 51.0. The Labute approximate surface area is 477 Å². The minimum atomic E-state index is -0.795. The lowest BCUT2D eigenvalue weighted by Gasteiger charge is -2.18. The number of carbonyl (C=O) groups is 3. The Hall–Kier alpha value is -3.41. The maximum Gasteiger partial charge on any atom is 0.306 e. The first-order valence-electron chi connectivity index (χ1n) is 33.1. The van der Waals surface area contributed by atoms with Crippen molar-refractivity contribution in [3.8, 4) is 0 Å². The summed E-state index contributed by atoms with van der Waals surface area (Å²) in [5.41, 5.74) is 0. The maximum absolute atomic E-state index is 12.9. The lowest BCUT2D eigenvalue weighted by Crippen LogP contribution is -2.30. The zero-order chi connectivity index (χ0) is 55.7. The summed E-state index contributed by atoms with van der Waals surface area (Å²) in [6.45, 7) is 6.52. The van der Waals surface area contributed by atoms with Crippen LogP contribution in [0.15, 0.2) is 85.1 Å². The molecule has 0 aromatic rings. The molecule has 0 saturated heterocycles. The smallest absolute Gasteiger partial charge is 0.306 e. The SMILES string of the molecule is CC/C=C\C/C=C\C/C=C\C/C=C\CCCCC(=O)OCC(COC(=O)CCCCCCCCCCCC/C=C\C/C=C\C/C=C\CCCCCCC)OC(=O)CCCCCCCCCCCCCCCCCCCCC. The average molecular weight is 1070 g/mol. The van der Waals surface area contributed by atoms with E-state index in [9.17, 15) is 14.4 Å². The van der Waals surface area contributed by atoms with Crippen molar-refractivity contribution >= 4 is 17.9 Å². The monoisotopic (exact) mass is 1070 g/mol. The Morgan fingerprint density at radius 1 is 0.273 bits per heavy atom. The second-order valence-electron chi connectivity index (χ2n) is 22.0. The van der Waals surface area contributed by atoms with Gasteiger partial charge in [0.1, 0.15) is 13.2 Å². The van der Waals surface area contributed by atoms with Crippen LogP contribution in [0.25, 0.3) is 0 Å². The molecule has 0 aliphatic heterocycles. The van der Waals surface area contributed by atoms with E-state index in [4.69, 9.17) is 14.2 Å². The van der Waals surface area contributed by atoms with E-state index >= 15 is 0 Å². The number of carbonyl (C=O) groups excluding carboxylic acids is 3. The Kier molecular flexibility index (Phi) is 62.2. The summed E-state index contributed by atoms with van der Waals surface area (Å²) >= 11 is 0. The fraction of sp³-hybridized carbons (Fsp3) is 0.761. The molecule has 0 aromatic carbocycles. The summed E-state index contributed by atoms with van der Waals surface area (Å²) in [5, 5.41) is 0. The quantitative estimate of drug-likeness (QED) is 0.0261. The molecule has 0 aromatic heterocycles. The zero-order valence-electron chi connectivity index (χ0n) is 51.0. The van der Waals surface area contributed by atoms with Gasteiger partial charge in [0.2, 0.25) is 0 Å². The predicted molar refractivity (Wildman–Crippen MR) is 334 cm³/mol. The first-order valence-corrected chi connectivity index (χ1v) is 33.1. The molecule has 0 heterocycles. The molecule has 0 saturated carbocycles. The van der Waals surface area contributed by atoms with E-state index in [1.807, 2.05) is 0 Å². The van der Waals surface area contributed by atoms with Gasteiger partial charge in [-0.1, -0.05) is 298 Å². The number of hydrogen-bond acceptors (Lipinski definition) is 6. The number of esters is 3. The fourth-order valence-electron chi connectivity index (χ4n) is 9.44. The van der Waals surface area contributed by atoms with Crippen LogP contribution in [0.5, 0.6) is 0 Å². The number of allylic oxidation sites excluding steroid dienone is 14. The van der Waals surface area contributed by atoms with Crippen molar-refractivity contribution in [2.45, 2.75) is 335 Å². The summed E-state index contributed by atoms with van der Waals surface area (Å²) in [7, 11) is 0. The van der Waals surface area contributed by atoms with Crippen molar-refractivity contribution in [3.05, 3.63) is 85.1 Å². The first kappa shape index (κ1) is 73.6. The molecule has 6 heteroatoms. The normalized spacial score (nSPS) is 12.6. The van der Waals surface area contributed by atoms with Crippen molar-refractivity contribution in [1.29, 1.82) is 0 Å². The Morgan fingerprint density at radius 2 is 0.506 bits per heavy atom. The molecule has 0 aliphatic carbocycles. The number of hydrogen-bond donors (Lipinski definition) is 0. The highest BCUT2D eigenvalue weighted by molar-refractivity contribution is 5.71. The molecule has 1 atom stereocenters. The van der Waals surface area contributed by atoms with Crippen LogP contribution < -0.4 is 0 Å². The van der Waals surface area contributed by atoms with E-state index in [2.05, 4.69) is 106 Å². The van der Waals surface area contributed by atoms with Crippen molar-refractivity contribution in [2.24, 2.45) is 0 Å². The summed E-state index contributed by atoms with van der Waals surface area (Å²) in [6, 6.07) is 0. The first-order chi connectivity index (χ1) is 38.0. The molecule has 0 amide bonds. The maximum atomic E-state index is 12.9. The number of rotatable bonds is 60. The Morgan fingerprint density at radius 3 is 0.818 bits per heavy atom. The van der Waals surface area contributed by atoms with E-state index in [0.717, 1.165) is 96.3 Å². The van der Waals surface area contributed by atoms with Crippen molar-refractivity contribution in [3.63, 3.8) is 0 Å². The van der Waals surface area contributed by atoms with Crippen LogP contribution in [-0.4, -0.2) is 37.2 Å². The van der Waals surface area contributed by atoms with Gasteiger partial charge in [-0.2, -0.15) is 0 Å². The molecular formula is C71H124O6. The van der Waals surface area contributed by atoms with Crippen LogP contribution in [0.3, 0.4) is 0 Å². The highest BCUT2D eigenvalue weighted by atomic mass is 16.6. The molecule has 0 radical (unpaired) electrons. The van der Waals surface area contributed by atoms with Crippen LogP contribution >= 0.6 is 0 Å². The van der Waals surface area contributed by atoms with Gasteiger partial charge < -0.3 is 14.2 Å². The summed E-state index contributed by atoms with van der Waals surface area (Å²) in [4.78, 5) is 38.3. The van der Waals surface area contributed by atoms with Crippen molar-refractivity contribution < 1.29 is 28.6 Å². The van der Waals surface area contributed by atoms with E-state index < -0.39 is 6.10 Å². The van der Waals surface area contributed by atoms with Crippen molar-refractivity contribution in [2.75, 3.05) is 13.2 Å². The molecule has 1 unspecified atom stereocenters. The molecule has 0 aliphatic rings. The van der Waals surface area contributed by atoms with E-state index in [1.54, 1.807) is 0 Å². The largest absolute Gasteiger partial charge is 0.462 e. The molecule has 0 bridgehead atoms. The molecule has 0 spiro atoms. The van der Waals surface area contributed by atoms with Crippen LogP contribution in [-0.2, 0) is 28.6 Å². The van der Waals surface area contributed by atoms with Crippen LogP contribution in [0.2, 0.25) is 0 Å². The predicted octanol–water partition coefficient (Wildman–Crippen LogP) is 22.7. The standard InChI is InChI=1S/C71H124O6/c1-4-7-10-13-16-19-22-25-28-30-32-33-34-35-36-37-39-40-43-46-49-52-55-58-61-64-70(73)76-67-68(66-75-69(72)63-60-57-54-51-48-45-42-27-24-21-18-15-12-9-6-3)77-71(74)65-62-59-56-53-50-47-44-41-38-31-29-26-23-20-17-14-11-8-5-2/h9,12,18,21-22,25,27,30,32,34-35,42,48,51,68H,4-8,10-11,13-17,19-20,23-24,26,28-29,31,33,36-41,43-47,49-50,52-67H2,1-3H3/b12-9-,21-18-,25-22-,32-30-,35-34-,42-27-,51-48-. The highest BCUT2D eigenvalue weighted by Gasteiger charge is 2.19. The summed E-state index contributed by atoms with van der Waals surface area (Å²) < 4.78 is 16.9. The number of ether oxygens (including phenoxy) is 3. The average Bonchev–Trinajstić information content (AvgIpc) is 3.43. The molecule has 444 valence electrons. The van der Waals surface area contributed by atoms with Gasteiger partial charge >= 0.3 is 17.9 Å². The lowest BCUT2D eigenvalue weighted by atomic mass is 10.0. The van der Waals surface area contributed by atoms with Crippen molar-refractivity contribution in [1.82, 2.24) is 0 Å². The second-order valence-corrected chi connectivity index (χ2v) is 22.0. The molecule has 0 rings (SSSR count). The van der Waals surface area contributed by atoms with Gasteiger partial charge in [-0.3, -0.25) is 14.4 Å². The third-order valence-electron chi connectivity index (χ3n) is 14.4. The van der Waals surface area contributed by atoms with E-state index in [1.165, 1.54) is 193 Å². The molecule has 0 fully saturated rings. The minimum Gasteiger partial charge on any atom is -0.462 e. The molecule has 6 nitrogen and oxygen atoms in total. The van der Waals surface area contributed by atoms with Gasteiger partial charge in [0, 0.05) is 19.3 Å². The van der Waals surface area contributed by atoms with Crippen LogP contribution in [0.1, 0.15) is 329 Å². The molecule has 77 heavy (non-hydrogen) atoms. The molecule has 0 N–H and O–H groups in total. The van der Waals surface area contributed by atoms with E-state index in [-0.39, 0.29) is 31.1 Å². The van der Waals surface area contributed by atoms with Crippen LogP contribution in [0, 0.1) is 0 Å². The second kappa shape index (κ2) is 65.1. The fourth-order valence-corrected chi connectivity index (χ4v) is 9.44. The van der Waals surface area contributed by atoms with Gasteiger partial charge in [-0.15, -0.1) is 0 Å². The number of unbranched alkanes of at least 4 members (excludes halogenated alkanes) is 35. The van der Waals surface area contributed by atoms with Gasteiger partial charge in [0.15, 0.2) is 6.10 Å². The van der Waals surface area contributed by atoms with Gasteiger partial charge in [0.25, 0.3) is 0 Å². The highest BCUT2D eigenvalue weighted by Crippen LogP contribution is 2.17. The molecular weight excluding hydrogens is 949 g/mol.